The second kappa shape index (κ2) is 4.63. The number of rotatable bonds is 3. The first-order chi connectivity index (χ1) is 6.54. The smallest absolute Gasteiger partial charge is 0.125 e. The van der Waals surface area contributed by atoms with Gasteiger partial charge in [0, 0.05) is 11.4 Å². The molecule has 1 rings (SSSR count). The maximum absolute atomic E-state index is 12.9. The highest BCUT2D eigenvalue weighted by atomic mass is 32.1. The Balaban J connectivity index is 2.94. The molecule has 0 amide bonds. The van der Waals surface area contributed by atoms with Crippen molar-refractivity contribution in [1.82, 2.24) is 0 Å². The quantitative estimate of drug-likeness (QED) is 0.446. The average molecular weight is 217 g/mol. The largest absolute Gasteiger partial charge is 0.399 e. The molecule has 0 spiro atoms. The Morgan fingerprint density at radius 2 is 2.00 bits per heavy atom. The van der Waals surface area contributed by atoms with Gasteiger partial charge in [0.05, 0.1) is 6.10 Å². The van der Waals surface area contributed by atoms with Gasteiger partial charge in [0.2, 0.25) is 0 Å². The highest BCUT2D eigenvalue weighted by Gasteiger charge is 2.17. The first-order valence-electron chi connectivity index (χ1n) is 4.07. The number of benzene rings is 1. The summed E-state index contributed by atoms with van der Waals surface area (Å²) in [5.41, 5.74) is 5.85. The Bertz CT molecular complexity index is 301. The van der Waals surface area contributed by atoms with E-state index in [0.717, 1.165) is 12.1 Å². The van der Waals surface area contributed by atoms with Crippen LogP contribution in [0.2, 0.25) is 0 Å². The van der Waals surface area contributed by atoms with E-state index < -0.39 is 18.0 Å². The lowest BCUT2D eigenvalue weighted by atomic mass is 10.0. The third-order valence-electron chi connectivity index (χ3n) is 1.84. The van der Waals surface area contributed by atoms with Crippen LogP contribution in [0.4, 0.5) is 10.1 Å². The first-order valence-corrected chi connectivity index (χ1v) is 4.71. The number of halogens is 1. The molecule has 0 fully saturated rings. The fraction of sp³-hybridized carbons (Fsp3) is 0.333. The fourth-order valence-corrected chi connectivity index (χ4v) is 1.33. The summed E-state index contributed by atoms with van der Waals surface area (Å²) in [4.78, 5) is 0. The number of nitrogens with two attached hydrogens (primary N) is 1. The molecule has 78 valence electrons. The zero-order valence-electron chi connectivity index (χ0n) is 7.39. The third-order valence-corrected chi connectivity index (χ3v) is 2.21. The minimum atomic E-state index is -1.16. The van der Waals surface area contributed by atoms with Gasteiger partial charge in [-0.1, -0.05) is 0 Å². The number of hydrogen-bond acceptors (Lipinski definition) is 4. The summed E-state index contributed by atoms with van der Waals surface area (Å²) >= 11 is 3.82. The molecule has 0 heterocycles. The van der Waals surface area contributed by atoms with Crippen LogP contribution in [0.5, 0.6) is 0 Å². The van der Waals surface area contributed by atoms with Crippen LogP contribution in [0, 0.1) is 5.82 Å². The summed E-state index contributed by atoms with van der Waals surface area (Å²) in [6, 6.07) is 3.69. The molecular weight excluding hydrogens is 205 g/mol. The van der Waals surface area contributed by atoms with E-state index in [2.05, 4.69) is 12.6 Å². The van der Waals surface area contributed by atoms with E-state index in [4.69, 9.17) is 5.73 Å². The predicted octanol–water partition coefficient (Wildman–Crippen LogP) is 0.732. The first kappa shape index (κ1) is 11.3. The molecule has 5 heteroatoms. The van der Waals surface area contributed by atoms with Crippen LogP contribution >= 0.6 is 12.6 Å². The zero-order valence-corrected chi connectivity index (χ0v) is 8.29. The third kappa shape index (κ3) is 2.60. The van der Waals surface area contributed by atoms with E-state index in [1.165, 1.54) is 6.07 Å². The Morgan fingerprint density at radius 3 is 2.50 bits per heavy atom. The zero-order chi connectivity index (χ0) is 10.7. The molecule has 2 atom stereocenters. The molecule has 14 heavy (non-hydrogen) atoms. The van der Waals surface area contributed by atoms with Crippen molar-refractivity contribution >= 4 is 18.3 Å². The average Bonchev–Trinajstić information content (AvgIpc) is 2.14. The Hall–Kier alpha value is -0.780. The molecule has 4 N–H and O–H groups in total. The van der Waals surface area contributed by atoms with Crippen molar-refractivity contribution in [1.29, 1.82) is 0 Å². The van der Waals surface area contributed by atoms with E-state index in [-0.39, 0.29) is 17.0 Å². The van der Waals surface area contributed by atoms with Gasteiger partial charge in [0.25, 0.3) is 0 Å². The summed E-state index contributed by atoms with van der Waals surface area (Å²) in [7, 11) is 0. The summed E-state index contributed by atoms with van der Waals surface area (Å²) < 4.78 is 12.9. The molecule has 3 nitrogen and oxygen atoms in total. The van der Waals surface area contributed by atoms with E-state index >= 15 is 0 Å². The van der Waals surface area contributed by atoms with Gasteiger partial charge in [-0.15, -0.1) is 0 Å². The van der Waals surface area contributed by atoms with Crippen LogP contribution in [0.1, 0.15) is 11.7 Å². The number of hydrogen-bond donors (Lipinski definition) is 4. The van der Waals surface area contributed by atoms with Crippen molar-refractivity contribution < 1.29 is 14.6 Å². The van der Waals surface area contributed by atoms with Crippen molar-refractivity contribution in [2.45, 2.75) is 12.2 Å². The molecule has 0 radical (unpaired) electrons. The second-order valence-corrected chi connectivity index (χ2v) is 3.38. The lowest BCUT2D eigenvalue weighted by molar-refractivity contribution is 0.0336. The van der Waals surface area contributed by atoms with Crippen LogP contribution in [0.3, 0.4) is 0 Å². The van der Waals surface area contributed by atoms with Crippen LogP contribution in [-0.4, -0.2) is 22.1 Å². The van der Waals surface area contributed by atoms with Gasteiger partial charge >= 0.3 is 0 Å². The lowest BCUT2D eigenvalue weighted by Gasteiger charge is -2.16. The van der Waals surface area contributed by atoms with Gasteiger partial charge < -0.3 is 15.9 Å². The molecule has 0 bridgehead atoms. The summed E-state index contributed by atoms with van der Waals surface area (Å²) in [5.74, 6) is -0.442. The van der Waals surface area contributed by atoms with Gasteiger partial charge in [-0.2, -0.15) is 12.6 Å². The highest BCUT2D eigenvalue weighted by Crippen LogP contribution is 2.21. The number of aliphatic hydroxyl groups excluding tert-OH is 2. The van der Waals surface area contributed by atoms with Crippen LogP contribution in [-0.2, 0) is 0 Å². The van der Waals surface area contributed by atoms with Gasteiger partial charge in [-0.05, 0) is 23.8 Å². The summed E-state index contributed by atoms with van der Waals surface area (Å²) in [6.45, 7) is 0. The van der Waals surface area contributed by atoms with Gasteiger partial charge in [0.1, 0.15) is 11.9 Å². The van der Waals surface area contributed by atoms with Gasteiger partial charge in [-0.3, -0.25) is 0 Å². The van der Waals surface area contributed by atoms with E-state index in [9.17, 15) is 14.6 Å². The minimum Gasteiger partial charge on any atom is -0.399 e. The van der Waals surface area contributed by atoms with Crippen molar-refractivity contribution in [2.75, 3.05) is 11.5 Å². The molecule has 1 aromatic carbocycles. The maximum atomic E-state index is 12.9. The monoisotopic (exact) mass is 217 g/mol. The van der Waals surface area contributed by atoms with Crippen molar-refractivity contribution in [3.63, 3.8) is 0 Å². The van der Waals surface area contributed by atoms with E-state index in [0.29, 0.717) is 0 Å². The van der Waals surface area contributed by atoms with Gasteiger partial charge in [0.15, 0.2) is 0 Å². The maximum Gasteiger partial charge on any atom is 0.125 e. The van der Waals surface area contributed by atoms with Crippen LogP contribution in [0.15, 0.2) is 18.2 Å². The SMILES string of the molecule is Nc1cc(F)cc(C(O)C(O)CS)c1. The molecule has 0 saturated heterocycles. The molecule has 0 aliphatic carbocycles. The highest BCUT2D eigenvalue weighted by molar-refractivity contribution is 7.80. The predicted molar refractivity (Wildman–Crippen MR) is 55.6 cm³/mol. The number of aliphatic hydroxyl groups is 2. The Labute approximate surface area is 86.8 Å². The summed E-state index contributed by atoms with van der Waals surface area (Å²) in [6.07, 6.45) is -2.19. The van der Waals surface area contributed by atoms with Crippen molar-refractivity contribution in [3.8, 4) is 0 Å². The van der Waals surface area contributed by atoms with Crippen molar-refractivity contribution in [2.24, 2.45) is 0 Å². The topological polar surface area (TPSA) is 66.5 Å². The minimum absolute atomic E-state index is 0.0948. The Morgan fingerprint density at radius 1 is 1.36 bits per heavy atom. The number of nitrogen functional groups attached to an aromatic ring is 1. The van der Waals surface area contributed by atoms with Gasteiger partial charge in [-0.25, -0.2) is 4.39 Å². The molecule has 0 aliphatic rings. The Kier molecular flexibility index (Phi) is 3.74. The molecule has 2 unspecified atom stereocenters. The summed E-state index contributed by atoms with van der Waals surface area (Å²) in [5, 5.41) is 18.8. The normalized spacial score (nSPS) is 15.1. The number of thiol groups is 1. The van der Waals surface area contributed by atoms with Crippen LogP contribution < -0.4 is 5.73 Å². The molecule has 1 aromatic rings. The van der Waals surface area contributed by atoms with Crippen LogP contribution in [0.25, 0.3) is 0 Å². The number of anilines is 1. The van der Waals surface area contributed by atoms with Crippen molar-refractivity contribution in [3.05, 3.63) is 29.6 Å². The van der Waals surface area contributed by atoms with E-state index in [1.54, 1.807) is 0 Å². The fourth-order valence-electron chi connectivity index (χ4n) is 1.13. The molecule has 0 saturated carbocycles. The standard InChI is InChI=1S/C9H12FNO2S/c10-6-1-5(2-7(11)3-6)9(13)8(12)4-14/h1-3,8-9,12-14H,4,11H2. The molecule has 0 aromatic heterocycles. The van der Waals surface area contributed by atoms with E-state index in [1.807, 2.05) is 0 Å². The second-order valence-electron chi connectivity index (χ2n) is 3.01. The molecular formula is C9H12FNO2S. The molecule has 0 aliphatic heterocycles. The lowest BCUT2D eigenvalue weighted by Crippen LogP contribution is -2.20.